The predicted molar refractivity (Wildman–Crippen MR) is 88.7 cm³/mol. The summed E-state index contributed by atoms with van der Waals surface area (Å²) in [5.74, 6) is 1.22. The van der Waals surface area contributed by atoms with Crippen molar-refractivity contribution in [2.45, 2.75) is 54.8 Å². The number of hydrogen-bond acceptors (Lipinski definition) is 6. The molecule has 1 rings (SSSR count). The fraction of sp³-hybridized carbons (Fsp3) is 0.769. The molecule has 114 valence electrons. The average molecular weight is 334 g/mol. The molecule has 1 unspecified atom stereocenters. The van der Waals surface area contributed by atoms with Crippen molar-refractivity contribution in [2.75, 3.05) is 12.0 Å². The molecule has 1 heterocycles. The second-order valence-corrected chi connectivity index (χ2v) is 8.37. The first kappa shape index (κ1) is 17.8. The van der Waals surface area contributed by atoms with E-state index in [9.17, 15) is 4.79 Å². The molecule has 7 heteroatoms. The van der Waals surface area contributed by atoms with Gasteiger partial charge in [0.25, 0.3) is 0 Å². The van der Waals surface area contributed by atoms with E-state index in [1.165, 1.54) is 35.9 Å². The summed E-state index contributed by atoms with van der Waals surface area (Å²) in [4.78, 5) is 11.8. The Kier molecular flexibility index (Phi) is 8.56. The Balaban J connectivity index is 2.19. The molecule has 0 bridgehead atoms. The van der Waals surface area contributed by atoms with Crippen LogP contribution >= 0.6 is 34.9 Å². The standard InChI is InChI=1S/C13H23N3OS3/c1-9(2)6-5-7-10(3)14-11(17)8-19-13-16-15-12(18-4)20-13/h9-10H,5-8H2,1-4H3,(H,14,17). The van der Waals surface area contributed by atoms with Gasteiger partial charge < -0.3 is 5.32 Å². The number of nitrogens with one attached hydrogen (secondary N) is 1. The molecule has 20 heavy (non-hydrogen) atoms. The third-order valence-corrected chi connectivity index (χ3v) is 5.75. The zero-order chi connectivity index (χ0) is 15.0. The predicted octanol–water partition coefficient (Wildman–Crippen LogP) is 3.68. The number of nitrogens with zero attached hydrogens (tertiary/aromatic N) is 2. The average Bonchev–Trinajstić information content (AvgIpc) is 2.83. The lowest BCUT2D eigenvalue weighted by molar-refractivity contribution is -0.119. The van der Waals surface area contributed by atoms with Crippen molar-refractivity contribution in [1.82, 2.24) is 15.5 Å². The first-order valence-electron chi connectivity index (χ1n) is 6.81. The Hall–Kier alpha value is -0.270. The number of aromatic nitrogens is 2. The van der Waals surface area contributed by atoms with Crippen molar-refractivity contribution in [1.29, 1.82) is 0 Å². The maximum absolute atomic E-state index is 11.8. The van der Waals surface area contributed by atoms with Crippen LogP contribution in [-0.2, 0) is 4.79 Å². The molecule has 1 aromatic heterocycles. The van der Waals surface area contributed by atoms with Gasteiger partial charge in [-0.1, -0.05) is 61.5 Å². The molecular formula is C13H23N3OS3. The molecule has 0 fully saturated rings. The summed E-state index contributed by atoms with van der Waals surface area (Å²) in [7, 11) is 0. The monoisotopic (exact) mass is 333 g/mol. The SMILES string of the molecule is CSc1nnc(SCC(=O)NC(C)CCCC(C)C)s1. The van der Waals surface area contributed by atoms with Crippen LogP contribution in [0, 0.1) is 5.92 Å². The Morgan fingerprint density at radius 3 is 2.55 bits per heavy atom. The van der Waals surface area contributed by atoms with Gasteiger partial charge in [-0.2, -0.15) is 0 Å². The van der Waals surface area contributed by atoms with Gasteiger partial charge in [0.15, 0.2) is 8.68 Å². The third-order valence-electron chi connectivity index (χ3n) is 2.72. The second kappa shape index (κ2) is 9.63. The number of carbonyl (C=O) groups excluding carboxylic acids is 1. The van der Waals surface area contributed by atoms with E-state index in [1.807, 2.05) is 6.26 Å². The van der Waals surface area contributed by atoms with E-state index in [2.05, 4.69) is 36.3 Å². The summed E-state index contributed by atoms with van der Waals surface area (Å²) in [6.45, 7) is 6.52. The van der Waals surface area contributed by atoms with E-state index in [0.29, 0.717) is 5.75 Å². The fourth-order valence-corrected chi connectivity index (χ4v) is 3.94. The summed E-state index contributed by atoms with van der Waals surface area (Å²) >= 11 is 4.57. The van der Waals surface area contributed by atoms with Gasteiger partial charge in [0.2, 0.25) is 5.91 Å². The van der Waals surface area contributed by atoms with Crippen molar-refractivity contribution in [3.8, 4) is 0 Å². The highest BCUT2D eigenvalue weighted by Gasteiger charge is 2.10. The first-order valence-corrected chi connectivity index (χ1v) is 9.83. The van der Waals surface area contributed by atoms with Gasteiger partial charge in [0.1, 0.15) is 0 Å². The summed E-state index contributed by atoms with van der Waals surface area (Å²) in [6.07, 6.45) is 5.40. The Bertz CT molecular complexity index is 409. The quantitative estimate of drug-likeness (QED) is 0.699. The van der Waals surface area contributed by atoms with Gasteiger partial charge in [-0.05, 0) is 25.5 Å². The van der Waals surface area contributed by atoms with Crippen LogP contribution < -0.4 is 5.32 Å². The van der Waals surface area contributed by atoms with Gasteiger partial charge in [-0.25, -0.2) is 0 Å². The molecule has 0 aliphatic carbocycles. The van der Waals surface area contributed by atoms with E-state index in [1.54, 1.807) is 11.8 Å². The molecule has 0 saturated heterocycles. The first-order chi connectivity index (χ1) is 9.51. The van der Waals surface area contributed by atoms with E-state index >= 15 is 0 Å². The largest absolute Gasteiger partial charge is 0.353 e. The zero-order valence-electron chi connectivity index (χ0n) is 12.5. The highest BCUT2D eigenvalue weighted by atomic mass is 32.2. The van der Waals surface area contributed by atoms with Crippen LogP contribution in [0.2, 0.25) is 0 Å². The number of amides is 1. The molecule has 1 aromatic rings. The van der Waals surface area contributed by atoms with E-state index in [4.69, 9.17) is 0 Å². The molecule has 0 aromatic carbocycles. The van der Waals surface area contributed by atoms with E-state index in [0.717, 1.165) is 21.0 Å². The van der Waals surface area contributed by atoms with Crippen molar-refractivity contribution >= 4 is 40.8 Å². The Morgan fingerprint density at radius 1 is 1.25 bits per heavy atom. The zero-order valence-corrected chi connectivity index (χ0v) is 15.0. The van der Waals surface area contributed by atoms with Crippen LogP contribution in [0.15, 0.2) is 8.68 Å². The highest BCUT2D eigenvalue weighted by molar-refractivity contribution is 8.03. The Labute approximate surface area is 133 Å². The van der Waals surface area contributed by atoms with Crippen molar-refractivity contribution in [3.05, 3.63) is 0 Å². The maximum Gasteiger partial charge on any atom is 0.230 e. The second-order valence-electron chi connectivity index (χ2n) is 5.12. The highest BCUT2D eigenvalue weighted by Crippen LogP contribution is 2.27. The molecule has 0 aliphatic heterocycles. The topological polar surface area (TPSA) is 54.9 Å². The molecular weight excluding hydrogens is 310 g/mol. The lowest BCUT2D eigenvalue weighted by atomic mass is 10.0. The molecule has 0 aliphatic rings. The minimum Gasteiger partial charge on any atom is -0.353 e. The summed E-state index contributed by atoms with van der Waals surface area (Å²) in [6, 6.07) is 0.248. The van der Waals surface area contributed by atoms with Crippen LogP contribution in [0.25, 0.3) is 0 Å². The molecule has 4 nitrogen and oxygen atoms in total. The Morgan fingerprint density at radius 2 is 1.95 bits per heavy atom. The molecule has 0 spiro atoms. The van der Waals surface area contributed by atoms with E-state index < -0.39 is 0 Å². The third kappa shape index (κ3) is 7.50. The lowest BCUT2D eigenvalue weighted by Crippen LogP contribution is -2.33. The summed E-state index contributed by atoms with van der Waals surface area (Å²) < 4.78 is 1.80. The van der Waals surface area contributed by atoms with Crippen LogP contribution in [-0.4, -0.2) is 34.2 Å². The fourth-order valence-electron chi connectivity index (χ4n) is 1.69. The number of hydrogen-bond donors (Lipinski definition) is 1. The normalized spacial score (nSPS) is 12.7. The number of carbonyl (C=O) groups is 1. The minimum atomic E-state index is 0.0768. The van der Waals surface area contributed by atoms with Crippen LogP contribution in [0.4, 0.5) is 0 Å². The molecule has 0 saturated carbocycles. The van der Waals surface area contributed by atoms with Gasteiger partial charge in [-0.15, -0.1) is 10.2 Å². The summed E-state index contributed by atoms with van der Waals surface area (Å²) in [5, 5.41) is 11.1. The minimum absolute atomic E-state index is 0.0768. The van der Waals surface area contributed by atoms with E-state index in [-0.39, 0.29) is 11.9 Å². The van der Waals surface area contributed by atoms with Crippen molar-refractivity contribution < 1.29 is 4.79 Å². The van der Waals surface area contributed by atoms with Crippen LogP contribution in [0.5, 0.6) is 0 Å². The molecule has 1 atom stereocenters. The van der Waals surface area contributed by atoms with Gasteiger partial charge >= 0.3 is 0 Å². The molecule has 1 amide bonds. The molecule has 1 N–H and O–H groups in total. The maximum atomic E-state index is 11.8. The van der Waals surface area contributed by atoms with Gasteiger partial charge in [0.05, 0.1) is 5.75 Å². The van der Waals surface area contributed by atoms with Gasteiger partial charge in [0, 0.05) is 6.04 Å². The number of thioether (sulfide) groups is 2. The lowest BCUT2D eigenvalue weighted by Gasteiger charge is -2.14. The number of rotatable bonds is 9. The molecule has 0 radical (unpaired) electrons. The van der Waals surface area contributed by atoms with Crippen molar-refractivity contribution in [2.24, 2.45) is 5.92 Å². The smallest absolute Gasteiger partial charge is 0.230 e. The summed E-state index contributed by atoms with van der Waals surface area (Å²) in [5.41, 5.74) is 0. The van der Waals surface area contributed by atoms with Gasteiger partial charge in [-0.3, -0.25) is 4.79 Å². The van der Waals surface area contributed by atoms with Crippen LogP contribution in [0.1, 0.15) is 40.0 Å². The van der Waals surface area contributed by atoms with Crippen molar-refractivity contribution in [3.63, 3.8) is 0 Å². The van der Waals surface area contributed by atoms with Crippen LogP contribution in [0.3, 0.4) is 0 Å².